The van der Waals surface area contributed by atoms with Crippen molar-refractivity contribution in [3.63, 3.8) is 0 Å². The average Bonchev–Trinajstić information content (AvgIpc) is 2.78. The van der Waals surface area contributed by atoms with Gasteiger partial charge in [-0.2, -0.15) is 0 Å². The van der Waals surface area contributed by atoms with E-state index in [0.29, 0.717) is 27.6 Å². The first-order valence-electron chi connectivity index (χ1n) is 6.40. The highest BCUT2D eigenvalue weighted by atomic mass is 35.5. The molecule has 0 fully saturated rings. The standard InChI is InChI=1S/C15H12ClNO4/c1-7-13-9-4-3-8(16)5-10(9)14(18)11(15(19)20-2)6-12(13)21-17-7/h3-5,11H,6H2,1-2H3. The number of fused-ring (bicyclic) bond motifs is 3. The van der Waals surface area contributed by atoms with Gasteiger partial charge in [0.05, 0.1) is 12.8 Å². The summed E-state index contributed by atoms with van der Waals surface area (Å²) in [6, 6.07) is 5.01. The summed E-state index contributed by atoms with van der Waals surface area (Å²) < 4.78 is 10.0. The zero-order chi connectivity index (χ0) is 15.1. The van der Waals surface area contributed by atoms with E-state index in [1.165, 1.54) is 7.11 Å². The number of Topliss-reactive ketones (excluding diaryl/α,β-unsaturated/α-hetero) is 1. The van der Waals surface area contributed by atoms with Crippen LogP contribution in [-0.4, -0.2) is 24.0 Å². The van der Waals surface area contributed by atoms with Crippen molar-refractivity contribution in [1.82, 2.24) is 5.16 Å². The molecule has 21 heavy (non-hydrogen) atoms. The molecule has 1 aliphatic carbocycles. The van der Waals surface area contributed by atoms with Crippen molar-refractivity contribution >= 4 is 23.4 Å². The van der Waals surface area contributed by atoms with E-state index in [4.69, 9.17) is 20.9 Å². The van der Waals surface area contributed by atoms with Crippen molar-refractivity contribution in [2.75, 3.05) is 7.11 Å². The third-order valence-electron chi connectivity index (χ3n) is 3.64. The topological polar surface area (TPSA) is 69.4 Å². The zero-order valence-electron chi connectivity index (χ0n) is 11.5. The molecule has 0 radical (unpaired) electrons. The highest BCUT2D eigenvalue weighted by molar-refractivity contribution is 6.31. The van der Waals surface area contributed by atoms with Crippen LogP contribution in [0.15, 0.2) is 22.7 Å². The van der Waals surface area contributed by atoms with Crippen LogP contribution in [-0.2, 0) is 16.0 Å². The van der Waals surface area contributed by atoms with Crippen LogP contribution in [0.5, 0.6) is 0 Å². The number of carbonyl (C=O) groups excluding carboxylic acids is 2. The number of ketones is 1. The van der Waals surface area contributed by atoms with Crippen LogP contribution in [0.2, 0.25) is 5.02 Å². The largest absolute Gasteiger partial charge is 0.468 e. The Labute approximate surface area is 125 Å². The van der Waals surface area contributed by atoms with Gasteiger partial charge in [0.15, 0.2) is 5.78 Å². The number of halogens is 1. The van der Waals surface area contributed by atoms with Crippen LogP contribution >= 0.6 is 11.6 Å². The molecule has 5 nitrogen and oxygen atoms in total. The second-order valence-electron chi connectivity index (χ2n) is 4.90. The molecule has 1 unspecified atom stereocenters. The van der Waals surface area contributed by atoms with E-state index in [2.05, 4.69) is 5.16 Å². The number of methoxy groups -OCH3 is 1. The van der Waals surface area contributed by atoms with Crippen molar-refractivity contribution in [3.8, 4) is 11.1 Å². The SMILES string of the molecule is COC(=O)C1Cc2onc(C)c2-c2ccc(Cl)cc2C1=O. The summed E-state index contributed by atoms with van der Waals surface area (Å²) in [6.07, 6.45) is 0.133. The highest BCUT2D eigenvalue weighted by Gasteiger charge is 2.37. The third-order valence-corrected chi connectivity index (χ3v) is 3.88. The van der Waals surface area contributed by atoms with E-state index in [-0.39, 0.29) is 12.2 Å². The maximum Gasteiger partial charge on any atom is 0.317 e. The van der Waals surface area contributed by atoms with Crippen LogP contribution in [0.1, 0.15) is 21.8 Å². The molecule has 1 aliphatic rings. The van der Waals surface area contributed by atoms with Gasteiger partial charge in [-0.3, -0.25) is 9.59 Å². The van der Waals surface area contributed by atoms with E-state index in [0.717, 1.165) is 5.56 Å². The molecule has 0 N–H and O–H groups in total. The lowest BCUT2D eigenvalue weighted by atomic mass is 9.94. The van der Waals surface area contributed by atoms with Crippen LogP contribution < -0.4 is 0 Å². The number of nitrogens with zero attached hydrogens (tertiary/aromatic N) is 1. The maximum absolute atomic E-state index is 12.6. The van der Waals surface area contributed by atoms with Crippen LogP contribution in [0.4, 0.5) is 0 Å². The molecule has 1 atom stereocenters. The molecule has 108 valence electrons. The molecule has 1 heterocycles. The van der Waals surface area contributed by atoms with Crippen LogP contribution in [0, 0.1) is 12.8 Å². The summed E-state index contributed by atoms with van der Waals surface area (Å²) in [7, 11) is 1.26. The first kappa shape index (κ1) is 13.8. The fourth-order valence-corrected chi connectivity index (χ4v) is 2.81. The van der Waals surface area contributed by atoms with Gasteiger partial charge >= 0.3 is 5.97 Å². The summed E-state index contributed by atoms with van der Waals surface area (Å²) in [5, 5.41) is 4.37. The van der Waals surface area contributed by atoms with Gasteiger partial charge in [-0.1, -0.05) is 22.8 Å². The molecule has 1 aromatic heterocycles. The third kappa shape index (κ3) is 2.14. The first-order chi connectivity index (χ1) is 10.0. The van der Waals surface area contributed by atoms with E-state index in [1.807, 2.05) is 0 Å². The number of ether oxygens (including phenoxy) is 1. The van der Waals surface area contributed by atoms with E-state index >= 15 is 0 Å². The highest BCUT2D eigenvalue weighted by Crippen LogP contribution is 2.37. The predicted octanol–water partition coefficient (Wildman–Crippen LogP) is 2.83. The van der Waals surface area contributed by atoms with E-state index in [1.54, 1.807) is 25.1 Å². The van der Waals surface area contributed by atoms with Gasteiger partial charge in [0.2, 0.25) is 0 Å². The van der Waals surface area contributed by atoms with Crippen molar-refractivity contribution in [2.24, 2.45) is 5.92 Å². The van der Waals surface area contributed by atoms with Crippen molar-refractivity contribution < 1.29 is 18.8 Å². The van der Waals surface area contributed by atoms with Gasteiger partial charge < -0.3 is 9.26 Å². The maximum atomic E-state index is 12.6. The van der Waals surface area contributed by atoms with Gasteiger partial charge in [0, 0.05) is 22.6 Å². The Morgan fingerprint density at radius 3 is 2.90 bits per heavy atom. The number of hydrogen-bond acceptors (Lipinski definition) is 5. The minimum Gasteiger partial charge on any atom is -0.468 e. The summed E-state index contributed by atoms with van der Waals surface area (Å²) in [4.78, 5) is 24.5. The molecule has 0 amide bonds. The van der Waals surface area contributed by atoms with Gasteiger partial charge in [0.25, 0.3) is 0 Å². The Morgan fingerprint density at radius 2 is 2.19 bits per heavy atom. The molecule has 0 saturated heterocycles. The molecule has 3 rings (SSSR count). The Morgan fingerprint density at radius 1 is 1.43 bits per heavy atom. The first-order valence-corrected chi connectivity index (χ1v) is 6.78. The lowest BCUT2D eigenvalue weighted by Crippen LogP contribution is -2.26. The second-order valence-corrected chi connectivity index (χ2v) is 5.34. The molecular formula is C15H12ClNO4. The zero-order valence-corrected chi connectivity index (χ0v) is 12.2. The molecule has 0 bridgehead atoms. The smallest absolute Gasteiger partial charge is 0.317 e. The van der Waals surface area contributed by atoms with E-state index < -0.39 is 11.9 Å². The van der Waals surface area contributed by atoms with Crippen molar-refractivity contribution in [2.45, 2.75) is 13.3 Å². The quantitative estimate of drug-likeness (QED) is 0.598. The molecule has 0 saturated carbocycles. The fourth-order valence-electron chi connectivity index (χ4n) is 2.64. The molecule has 0 aliphatic heterocycles. The number of aryl methyl sites for hydroxylation is 1. The van der Waals surface area contributed by atoms with Gasteiger partial charge in [0.1, 0.15) is 11.7 Å². The monoisotopic (exact) mass is 305 g/mol. The minimum absolute atomic E-state index is 0.133. The number of aromatic nitrogens is 1. The second kappa shape index (κ2) is 5.00. The molecule has 6 heteroatoms. The Balaban J connectivity index is 2.28. The lowest BCUT2D eigenvalue weighted by Gasteiger charge is -2.11. The number of carbonyl (C=O) groups is 2. The summed E-state index contributed by atoms with van der Waals surface area (Å²) in [6.45, 7) is 1.80. The molecular weight excluding hydrogens is 294 g/mol. The Hall–Kier alpha value is -2.14. The molecule has 2 aromatic rings. The average molecular weight is 306 g/mol. The number of hydrogen-bond donors (Lipinski definition) is 0. The number of rotatable bonds is 1. The van der Waals surface area contributed by atoms with Crippen LogP contribution in [0.3, 0.4) is 0 Å². The number of esters is 1. The Kier molecular flexibility index (Phi) is 3.29. The van der Waals surface area contributed by atoms with E-state index in [9.17, 15) is 9.59 Å². The van der Waals surface area contributed by atoms with Crippen molar-refractivity contribution in [3.05, 3.63) is 40.2 Å². The molecule has 0 spiro atoms. The summed E-state index contributed by atoms with van der Waals surface area (Å²) in [5.41, 5.74) is 2.50. The molecule has 1 aromatic carbocycles. The van der Waals surface area contributed by atoms with Crippen molar-refractivity contribution in [1.29, 1.82) is 0 Å². The van der Waals surface area contributed by atoms with Gasteiger partial charge in [-0.15, -0.1) is 0 Å². The minimum atomic E-state index is -0.944. The number of benzene rings is 1. The van der Waals surface area contributed by atoms with Crippen LogP contribution in [0.25, 0.3) is 11.1 Å². The Bertz CT molecular complexity index is 750. The fraction of sp³-hybridized carbons (Fsp3) is 0.267. The summed E-state index contributed by atoms with van der Waals surface area (Å²) in [5.74, 6) is -1.34. The van der Waals surface area contributed by atoms with Gasteiger partial charge in [-0.25, -0.2) is 0 Å². The normalized spacial score (nSPS) is 16.9. The predicted molar refractivity (Wildman–Crippen MR) is 75.2 cm³/mol. The van der Waals surface area contributed by atoms with Gasteiger partial charge in [-0.05, 0) is 24.6 Å². The lowest BCUT2D eigenvalue weighted by molar-refractivity contribution is -0.143. The summed E-state index contributed by atoms with van der Waals surface area (Å²) >= 11 is 5.99.